The van der Waals surface area contributed by atoms with Gasteiger partial charge in [0.25, 0.3) is 0 Å². The normalized spacial score (nSPS) is 13.2. The fourth-order valence-electron chi connectivity index (χ4n) is 3.03. The minimum absolute atomic E-state index is 0.537. The molecule has 0 aliphatic carbocycles. The van der Waals surface area contributed by atoms with Gasteiger partial charge < -0.3 is 9.88 Å². The van der Waals surface area contributed by atoms with Gasteiger partial charge in [0, 0.05) is 12.6 Å². The lowest BCUT2D eigenvalue weighted by atomic mass is 9.95. The van der Waals surface area contributed by atoms with Crippen LogP contribution in [-0.4, -0.2) is 15.6 Å². The van der Waals surface area contributed by atoms with Crippen molar-refractivity contribution in [2.45, 2.75) is 59.7 Å². The Morgan fingerprint density at radius 2 is 1.85 bits per heavy atom. The maximum atomic E-state index is 4.77. The van der Waals surface area contributed by atoms with Crippen LogP contribution >= 0.6 is 0 Å². The van der Waals surface area contributed by atoms with Gasteiger partial charge in [-0.3, -0.25) is 0 Å². The summed E-state index contributed by atoms with van der Waals surface area (Å²) in [6.07, 6.45) is 2.46. The average molecular weight is 273 g/mol. The van der Waals surface area contributed by atoms with E-state index in [1.54, 1.807) is 0 Å². The van der Waals surface area contributed by atoms with Gasteiger partial charge in [0.1, 0.15) is 5.82 Å². The molecule has 0 saturated heterocycles. The first-order chi connectivity index (χ1) is 9.71. The first-order valence-electron chi connectivity index (χ1n) is 7.88. The minimum Gasteiger partial charge on any atom is -0.327 e. The van der Waals surface area contributed by atoms with Gasteiger partial charge in [-0.15, -0.1) is 0 Å². The van der Waals surface area contributed by atoms with Crippen LogP contribution in [0.25, 0.3) is 11.0 Å². The van der Waals surface area contributed by atoms with Crippen molar-refractivity contribution in [3.63, 3.8) is 0 Å². The van der Waals surface area contributed by atoms with E-state index in [1.807, 2.05) is 0 Å². The third-order valence-electron chi connectivity index (χ3n) is 4.39. The summed E-state index contributed by atoms with van der Waals surface area (Å²) < 4.78 is 2.31. The van der Waals surface area contributed by atoms with Crippen molar-refractivity contribution in [3.05, 3.63) is 30.1 Å². The zero-order valence-electron chi connectivity index (χ0n) is 13.2. The number of benzene rings is 1. The molecule has 1 unspecified atom stereocenters. The number of rotatable bonds is 7. The first-order valence-corrected chi connectivity index (χ1v) is 7.88. The maximum Gasteiger partial charge on any atom is 0.123 e. The molecule has 0 aliphatic rings. The Balaban J connectivity index is 2.13. The van der Waals surface area contributed by atoms with Gasteiger partial charge in [-0.1, -0.05) is 38.8 Å². The molecule has 0 fully saturated rings. The van der Waals surface area contributed by atoms with E-state index < -0.39 is 0 Å². The van der Waals surface area contributed by atoms with Crippen molar-refractivity contribution >= 4 is 11.0 Å². The lowest BCUT2D eigenvalue weighted by Gasteiger charge is -2.22. The van der Waals surface area contributed by atoms with Gasteiger partial charge in [-0.2, -0.15) is 0 Å². The Kier molecular flexibility index (Phi) is 5.18. The Hall–Kier alpha value is -1.35. The van der Waals surface area contributed by atoms with Gasteiger partial charge >= 0.3 is 0 Å². The third-order valence-corrected chi connectivity index (χ3v) is 4.39. The number of fused-ring (bicyclic) bond motifs is 1. The summed E-state index contributed by atoms with van der Waals surface area (Å²) in [5.41, 5.74) is 2.34. The second-order valence-corrected chi connectivity index (χ2v) is 5.51. The van der Waals surface area contributed by atoms with Crippen molar-refractivity contribution in [1.29, 1.82) is 0 Å². The molecule has 3 heteroatoms. The first kappa shape index (κ1) is 15.0. The summed E-state index contributed by atoms with van der Waals surface area (Å²) in [6.45, 7) is 10.8. The van der Waals surface area contributed by atoms with Crippen molar-refractivity contribution in [3.8, 4) is 0 Å². The Morgan fingerprint density at radius 1 is 1.15 bits per heavy atom. The molecule has 1 heterocycles. The zero-order chi connectivity index (χ0) is 14.5. The molecule has 1 atom stereocenters. The second kappa shape index (κ2) is 6.89. The van der Waals surface area contributed by atoms with Crippen molar-refractivity contribution in [2.75, 3.05) is 0 Å². The van der Waals surface area contributed by atoms with Gasteiger partial charge in [0.2, 0.25) is 0 Å². The Morgan fingerprint density at radius 3 is 2.50 bits per heavy atom. The van der Waals surface area contributed by atoms with Gasteiger partial charge in [-0.25, -0.2) is 4.98 Å². The monoisotopic (exact) mass is 273 g/mol. The SMILES string of the molecule is CCC(CC)C(C)NCc1nc2ccccc2n1CC. The molecule has 2 aromatic rings. The molecular formula is C17H27N3. The number of aryl methyl sites for hydroxylation is 1. The van der Waals surface area contributed by atoms with Crippen molar-refractivity contribution in [2.24, 2.45) is 5.92 Å². The molecule has 1 N–H and O–H groups in total. The van der Waals surface area contributed by atoms with Crippen LogP contribution in [0.3, 0.4) is 0 Å². The maximum absolute atomic E-state index is 4.77. The summed E-state index contributed by atoms with van der Waals surface area (Å²) in [7, 11) is 0. The number of nitrogens with one attached hydrogen (secondary N) is 1. The van der Waals surface area contributed by atoms with E-state index in [-0.39, 0.29) is 0 Å². The number of imidazole rings is 1. The zero-order valence-corrected chi connectivity index (χ0v) is 13.2. The van der Waals surface area contributed by atoms with E-state index in [4.69, 9.17) is 4.98 Å². The standard InChI is InChI=1S/C17H27N3/c1-5-14(6-2)13(4)18-12-17-19-15-10-8-9-11-16(15)20(17)7-3/h8-11,13-14,18H,5-7,12H2,1-4H3. The number of para-hydroxylation sites is 2. The van der Waals surface area contributed by atoms with E-state index in [1.165, 1.54) is 18.4 Å². The Labute approximate surface area is 122 Å². The summed E-state index contributed by atoms with van der Waals surface area (Å²) >= 11 is 0. The fourth-order valence-corrected chi connectivity index (χ4v) is 3.03. The number of hydrogen-bond acceptors (Lipinski definition) is 2. The molecule has 1 aromatic heterocycles. The predicted molar refractivity (Wildman–Crippen MR) is 85.8 cm³/mol. The van der Waals surface area contributed by atoms with Crippen LogP contribution in [0.4, 0.5) is 0 Å². The van der Waals surface area contributed by atoms with Crippen LogP contribution in [0, 0.1) is 5.92 Å². The van der Waals surface area contributed by atoms with Crippen LogP contribution in [-0.2, 0) is 13.1 Å². The van der Waals surface area contributed by atoms with E-state index >= 15 is 0 Å². The van der Waals surface area contributed by atoms with Crippen LogP contribution in [0.15, 0.2) is 24.3 Å². The fraction of sp³-hybridized carbons (Fsp3) is 0.588. The largest absolute Gasteiger partial charge is 0.327 e. The summed E-state index contributed by atoms with van der Waals surface area (Å²) in [5.74, 6) is 1.89. The van der Waals surface area contributed by atoms with Crippen LogP contribution in [0.2, 0.25) is 0 Å². The summed E-state index contributed by atoms with van der Waals surface area (Å²) in [4.78, 5) is 4.77. The van der Waals surface area contributed by atoms with Gasteiger partial charge in [0.15, 0.2) is 0 Å². The highest BCUT2D eigenvalue weighted by molar-refractivity contribution is 5.75. The van der Waals surface area contributed by atoms with Crippen LogP contribution < -0.4 is 5.32 Å². The molecule has 0 spiro atoms. The molecule has 0 radical (unpaired) electrons. The lowest BCUT2D eigenvalue weighted by Crippen LogP contribution is -2.33. The smallest absolute Gasteiger partial charge is 0.123 e. The molecular weight excluding hydrogens is 246 g/mol. The predicted octanol–water partition coefficient (Wildman–Crippen LogP) is 3.97. The van der Waals surface area contributed by atoms with Crippen molar-refractivity contribution < 1.29 is 0 Å². The molecule has 110 valence electrons. The van der Waals surface area contributed by atoms with E-state index in [9.17, 15) is 0 Å². The van der Waals surface area contributed by atoms with E-state index in [2.05, 4.69) is 61.8 Å². The number of nitrogens with zero attached hydrogens (tertiary/aromatic N) is 2. The van der Waals surface area contributed by atoms with E-state index in [0.29, 0.717) is 6.04 Å². The van der Waals surface area contributed by atoms with Crippen molar-refractivity contribution in [1.82, 2.24) is 14.9 Å². The topological polar surface area (TPSA) is 29.9 Å². The molecule has 20 heavy (non-hydrogen) atoms. The summed E-state index contributed by atoms with van der Waals surface area (Å²) in [5, 5.41) is 3.65. The van der Waals surface area contributed by atoms with Gasteiger partial charge in [0.05, 0.1) is 17.6 Å². The van der Waals surface area contributed by atoms with Gasteiger partial charge in [-0.05, 0) is 31.9 Å². The third kappa shape index (κ3) is 3.04. The highest BCUT2D eigenvalue weighted by Gasteiger charge is 2.15. The highest BCUT2D eigenvalue weighted by atomic mass is 15.1. The molecule has 3 nitrogen and oxygen atoms in total. The molecule has 2 rings (SSSR count). The van der Waals surface area contributed by atoms with E-state index in [0.717, 1.165) is 30.3 Å². The quantitative estimate of drug-likeness (QED) is 0.827. The molecule has 0 bridgehead atoms. The molecule has 0 saturated carbocycles. The second-order valence-electron chi connectivity index (χ2n) is 5.51. The summed E-state index contributed by atoms with van der Waals surface area (Å²) in [6, 6.07) is 8.92. The highest BCUT2D eigenvalue weighted by Crippen LogP contribution is 2.17. The molecule has 1 aromatic carbocycles. The van der Waals surface area contributed by atoms with Crippen LogP contribution in [0.5, 0.6) is 0 Å². The number of aromatic nitrogens is 2. The minimum atomic E-state index is 0.537. The van der Waals surface area contributed by atoms with Crippen LogP contribution in [0.1, 0.15) is 46.4 Å². The number of hydrogen-bond donors (Lipinski definition) is 1. The average Bonchev–Trinajstić information content (AvgIpc) is 2.83. The molecule has 0 aliphatic heterocycles. The lowest BCUT2D eigenvalue weighted by molar-refractivity contribution is 0.349. The molecule has 0 amide bonds. The Bertz CT molecular complexity index is 540.